The van der Waals surface area contributed by atoms with E-state index in [0.717, 1.165) is 54.2 Å². The van der Waals surface area contributed by atoms with E-state index in [4.69, 9.17) is 4.74 Å². The normalized spacial score (nSPS) is 15.6. The number of benzene rings is 3. The van der Waals surface area contributed by atoms with Crippen LogP contribution in [-0.2, 0) is 6.42 Å². The van der Waals surface area contributed by atoms with Crippen LogP contribution in [0, 0.1) is 0 Å². The van der Waals surface area contributed by atoms with Crippen molar-refractivity contribution >= 4 is 22.6 Å². The molecule has 2 aliphatic heterocycles. The lowest BCUT2D eigenvalue weighted by Gasteiger charge is -2.34. The number of fused-ring (bicyclic) bond motifs is 2. The molecule has 0 bridgehead atoms. The fourth-order valence-corrected chi connectivity index (χ4v) is 4.68. The van der Waals surface area contributed by atoms with Gasteiger partial charge in [0.05, 0.1) is 6.61 Å². The van der Waals surface area contributed by atoms with Gasteiger partial charge in [0, 0.05) is 38.2 Å². The number of piperazine rings is 1. The zero-order chi connectivity index (χ0) is 21.5. The smallest absolute Gasteiger partial charge is 0.253 e. The van der Waals surface area contributed by atoms with Gasteiger partial charge in [0.25, 0.3) is 5.91 Å². The Morgan fingerprint density at radius 3 is 2.75 bits per heavy atom. The van der Waals surface area contributed by atoms with Crippen molar-refractivity contribution < 1.29 is 9.53 Å². The molecule has 1 saturated heterocycles. The van der Waals surface area contributed by atoms with Crippen molar-refractivity contribution in [1.82, 2.24) is 20.1 Å². The van der Waals surface area contributed by atoms with Gasteiger partial charge in [-0.15, -0.1) is 0 Å². The lowest BCUT2D eigenvalue weighted by molar-refractivity contribution is 0.0746. The maximum Gasteiger partial charge on any atom is 0.253 e. The van der Waals surface area contributed by atoms with E-state index in [9.17, 15) is 4.79 Å². The second-order valence-corrected chi connectivity index (χ2v) is 8.25. The summed E-state index contributed by atoms with van der Waals surface area (Å²) in [7, 11) is 0. The molecular formula is C25H23N5O2. The van der Waals surface area contributed by atoms with Gasteiger partial charge in [0.15, 0.2) is 0 Å². The molecule has 0 atom stereocenters. The first kappa shape index (κ1) is 18.9. The van der Waals surface area contributed by atoms with Crippen LogP contribution in [0.3, 0.4) is 0 Å². The molecule has 1 fully saturated rings. The molecule has 32 heavy (non-hydrogen) atoms. The molecule has 7 heteroatoms. The fourth-order valence-electron chi connectivity index (χ4n) is 4.68. The molecule has 4 aromatic rings. The van der Waals surface area contributed by atoms with E-state index in [1.165, 1.54) is 23.0 Å². The minimum atomic E-state index is 0.0733. The number of nitrogens with zero attached hydrogens (tertiary/aromatic N) is 4. The van der Waals surface area contributed by atoms with Gasteiger partial charge in [0.2, 0.25) is 5.95 Å². The van der Waals surface area contributed by atoms with Crippen LogP contribution in [0.1, 0.15) is 15.9 Å². The highest BCUT2D eigenvalue weighted by atomic mass is 16.5. The zero-order valence-corrected chi connectivity index (χ0v) is 17.6. The van der Waals surface area contributed by atoms with Crippen molar-refractivity contribution in [3.63, 3.8) is 0 Å². The van der Waals surface area contributed by atoms with Gasteiger partial charge < -0.3 is 14.5 Å². The number of amides is 1. The minimum absolute atomic E-state index is 0.0733. The number of H-pyrrole nitrogens is 1. The summed E-state index contributed by atoms with van der Waals surface area (Å²) in [5, 5.41) is 9.02. The van der Waals surface area contributed by atoms with Crippen molar-refractivity contribution in [2.45, 2.75) is 6.42 Å². The Bertz CT molecular complexity index is 1290. The topological polar surface area (TPSA) is 74.3 Å². The summed E-state index contributed by atoms with van der Waals surface area (Å²) in [6, 6.07) is 18.7. The van der Waals surface area contributed by atoms with Crippen LogP contribution in [0.2, 0.25) is 0 Å². The molecule has 0 saturated carbocycles. The summed E-state index contributed by atoms with van der Waals surface area (Å²) >= 11 is 0. The molecular weight excluding hydrogens is 402 g/mol. The number of aromatic amines is 1. The van der Waals surface area contributed by atoms with E-state index in [-0.39, 0.29) is 5.91 Å². The molecule has 0 spiro atoms. The minimum Gasteiger partial charge on any atom is -0.493 e. The summed E-state index contributed by atoms with van der Waals surface area (Å²) < 4.78 is 5.65. The quantitative estimate of drug-likeness (QED) is 0.544. The Morgan fingerprint density at radius 2 is 1.91 bits per heavy atom. The molecule has 0 aliphatic carbocycles. The summed E-state index contributed by atoms with van der Waals surface area (Å²) in [5.74, 6) is 1.82. The maximum absolute atomic E-state index is 13.2. The average Bonchev–Trinajstić information content (AvgIpc) is 3.55. The van der Waals surface area contributed by atoms with Crippen LogP contribution >= 0.6 is 0 Å². The number of nitrogens with one attached hydrogen (secondary N) is 1. The van der Waals surface area contributed by atoms with E-state index in [2.05, 4.69) is 62.5 Å². The number of carbonyl (C=O) groups is 1. The van der Waals surface area contributed by atoms with Gasteiger partial charge in [-0.1, -0.05) is 30.3 Å². The third-order valence-electron chi connectivity index (χ3n) is 6.40. The van der Waals surface area contributed by atoms with Crippen LogP contribution < -0.4 is 9.64 Å². The number of carbonyl (C=O) groups excluding carboxylic acids is 1. The molecule has 1 N–H and O–H groups in total. The molecule has 0 radical (unpaired) electrons. The van der Waals surface area contributed by atoms with E-state index in [0.29, 0.717) is 13.1 Å². The predicted molar refractivity (Wildman–Crippen MR) is 123 cm³/mol. The standard InChI is InChI=1S/C25H23N5O2/c31-24(29-9-11-30(12-10-29)25-26-16-27-28-25)20-4-6-22-17(15-20)2-1-3-21(22)18-5-7-23-19(14-18)8-13-32-23/h1-7,14-16H,8-13H2,(H,26,27,28). The fraction of sp³-hybridized carbons (Fsp3) is 0.240. The van der Waals surface area contributed by atoms with E-state index < -0.39 is 0 Å². The maximum atomic E-state index is 13.2. The number of ether oxygens (including phenoxy) is 1. The Kier molecular flexibility index (Phi) is 4.52. The van der Waals surface area contributed by atoms with Crippen molar-refractivity contribution in [2.24, 2.45) is 0 Å². The summed E-state index contributed by atoms with van der Waals surface area (Å²) in [6.07, 6.45) is 2.46. The molecule has 2 aliphatic rings. The molecule has 1 amide bonds. The van der Waals surface area contributed by atoms with Gasteiger partial charge in [0.1, 0.15) is 12.1 Å². The average molecular weight is 425 g/mol. The molecule has 160 valence electrons. The van der Waals surface area contributed by atoms with Crippen LogP contribution in [0.5, 0.6) is 5.75 Å². The highest BCUT2D eigenvalue weighted by Gasteiger charge is 2.24. The Morgan fingerprint density at radius 1 is 1.00 bits per heavy atom. The summed E-state index contributed by atoms with van der Waals surface area (Å²) in [4.78, 5) is 21.4. The third-order valence-corrected chi connectivity index (χ3v) is 6.40. The number of rotatable bonds is 3. The van der Waals surface area contributed by atoms with Gasteiger partial charge in [-0.25, -0.2) is 5.10 Å². The highest BCUT2D eigenvalue weighted by Crippen LogP contribution is 2.34. The van der Waals surface area contributed by atoms with Crippen molar-refractivity contribution in [3.05, 3.63) is 72.1 Å². The molecule has 7 nitrogen and oxygen atoms in total. The number of hydrogen-bond acceptors (Lipinski definition) is 5. The van der Waals surface area contributed by atoms with Crippen molar-refractivity contribution in [1.29, 1.82) is 0 Å². The van der Waals surface area contributed by atoms with Crippen molar-refractivity contribution in [3.8, 4) is 16.9 Å². The number of anilines is 1. The van der Waals surface area contributed by atoms with Crippen LogP contribution in [0.4, 0.5) is 5.95 Å². The van der Waals surface area contributed by atoms with E-state index >= 15 is 0 Å². The molecule has 6 rings (SSSR count). The van der Waals surface area contributed by atoms with Gasteiger partial charge in [-0.2, -0.15) is 10.1 Å². The zero-order valence-electron chi connectivity index (χ0n) is 17.6. The van der Waals surface area contributed by atoms with Crippen LogP contribution in [0.25, 0.3) is 21.9 Å². The lowest BCUT2D eigenvalue weighted by Crippen LogP contribution is -2.49. The van der Waals surface area contributed by atoms with Gasteiger partial charge in [-0.05, 0) is 51.7 Å². The highest BCUT2D eigenvalue weighted by molar-refractivity contribution is 6.02. The first-order valence-corrected chi connectivity index (χ1v) is 10.9. The third kappa shape index (κ3) is 3.26. The van der Waals surface area contributed by atoms with Crippen molar-refractivity contribution in [2.75, 3.05) is 37.7 Å². The predicted octanol–water partition coefficient (Wildman–Crippen LogP) is 3.52. The Labute approximate surface area is 185 Å². The first-order valence-electron chi connectivity index (χ1n) is 10.9. The monoisotopic (exact) mass is 425 g/mol. The molecule has 3 heterocycles. The van der Waals surface area contributed by atoms with E-state index in [1.54, 1.807) is 0 Å². The van der Waals surface area contributed by atoms with Crippen LogP contribution in [-0.4, -0.2) is 58.8 Å². The van der Waals surface area contributed by atoms with Gasteiger partial charge in [-0.3, -0.25) is 4.79 Å². The molecule has 0 unspecified atom stereocenters. The SMILES string of the molecule is O=C(c1ccc2c(-c3ccc4c(c3)CCO4)cccc2c1)N1CCN(c2ncn[nH]2)CC1. The first-order chi connectivity index (χ1) is 15.8. The van der Waals surface area contributed by atoms with Crippen LogP contribution in [0.15, 0.2) is 60.9 Å². The van der Waals surface area contributed by atoms with Gasteiger partial charge >= 0.3 is 0 Å². The second kappa shape index (κ2) is 7.67. The number of hydrogen-bond donors (Lipinski definition) is 1. The summed E-state index contributed by atoms with van der Waals surface area (Å²) in [6.45, 7) is 3.55. The molecule has 1 aromatic heterocycles. The van der Waals surface area contributed by atoms with E-state index in [1.807, 2.05) is 17.0 Å². The Balaban J connectivity index is 1.25. The number of aromatic nitrogens is 3. The lowest BCUT2D eigenvalue weighted by atomic mass is 9.95. The molecule has 3 aromatic carbocycles. The Hall–Kier alpha value is -3.87. The summed E-state index contributed by atoms with van der Waals surface area (Å²) in [5.41, 5.74) is 4.35. The largest absolute Gasteiger partial charge is 0.493 e. The second-order valence-electron chi connectivity index (χ2n) is 8.25.